The van der Waals surface area contributed by atoms with E-state index in [1.807, 2.05) is 72.8 Å². The van der Waals surface area contributed by atoms with Gasteiger partial charge in [-0.1, -0.05) is 88.2 Å². The van der Waals surface area contributed by atoms with Gasteiger partial charge < -0.3 is 10.1 Å². The van der Waals surface area contributed by atoms with Crippen LogP contribution in [0.15, 0.2) is 107 Å². The average Bonchev–Trinajstić information content (AvgIpc) is 2.90. The molecule has 0 saturated carbocycles. The van der Waals surface area contributed by atoms with E-state index < -0.39 is 5.91 Å². The molecule has 36 heavy (non-hydrogen) atoms. The normalized spacial score (nSPS) is 11.0. The quantitative estimate of drug-likeness (QED) is 0.177. The first-order chi connectivity index (χ1) is 17.5. The van der Waals surface area contributed by atoms with Gasteiger partial charge in [-0.25, -0.2) is 0 Å². The van der Waals surface area contributed by atoms with Gasteiger partial charge in [0.2, 0.25) is 0 Å². The maximum absolute atomic E-state index is 12.7. The molecule has 0 spiro atoms. The number of nitriles is 1. The second-order valence-corrected chi connectivity index (χ2v) is 9.30. The van der Waals surface area contributed by atoms with Crippen molar-refractivity contribution < 1.29 is 9.53 Å². The van der Waals surface area contributed by atoms with E-state index in [-0.39, 0.29) is 5.57 Å². The summed E-state index contributed by atoms with van der Waals surface area (Å²) in [6.45, 7) is 0.456. The van der Waals surface area contributed by atoms with Crippen LogP contribution in [-0.4, -0.2) is 5.91 Å². The smallest absolute Gasteiger partial charge is 0.266 e. The number of amides is 1. The molecule has 0 fully saturated rings. The summed E-state index contributed by atoms with van der Waals surface area (Å²) in [7, 11) is 0. The van der Waals surface area contributed by atoms with Crippen molar-refractivity contribution in [1.29, 1.82) is 5.26 Å². The van der Waals surface area contributed by atoms with E-state index >= 15 is 0 Å². The molecule has 0 aliphatic carbocycles. The first kappa shape index (κ1) is 25.2. The number of benzene rings is 4. The molecule has 0 unspecified atom stereocenters. The van der Waals surface area contributed by atoms with Crippen LogP contribution in [0.1, 0.15) is 22.3 Å². The van der Waals surface area contributed by atoms with Gasteiger partial charge in [0.1, 0.15) is 24.0 Å². The van der Waals surface area contributed by atoms with Gasteiger partial charge in [-0.3, -0.25) is 4.79 Å². The average molecular weight is 558 g/mol. The van der Waals surface area contributed by atoms with E-state index in [4.69, 9.17) is 16.3 Å². The standard InChI is InChI=1S/C30H22BrClN2O2/c31-28-9-5-4-8-23(28)18-24-11-10-22(17-29(24)32)16-25(19-33)30(35)34-26-12-14-27(15-13-26)36-20-21-6-2-1-3-7-21/h1-17H,18,20H2,(H,34,35)/b25-16+. The highest BCUT2D eigenvalue weighted by molar-refractivity contribution is 9.10. The zero-order chi connectivity index (χ0) is 25.3. The van der Waals surface area contributed by atoms with Crippen LogP contribution in [0.4, 0.5) is 5.69 Å². The van der Waals surface area contributed by atoms with Gasteiger partial charge in [0.25, 0.3) is 5.91 Å². The van der Waals surface area contributed by atoms with Crippen molar-refractivity contribution >= 4 is 45.2 Å². The largest absolute Gasteiger partial charge is 0.489 e. The summed E-state index contributed by atoms with van der Waals surface area (Å²) in [4.78, 5) is 12.7. The Morgan fingerprint density at radius 3 is 2.36 bits per heavy atom. The fourth-order valence-corrected chi connectivity index (χ4v) is 4.21. The number of halogens is 2. The van der Waals surface area contributed by atoms with E-state index in [9.17, 15) is 10.1 Å². The second kappa shape index (κ2) is 12.2. The van der Waals surface area contributed by atoms with Gasteiger partial charge in [-0.15, -0.1) is 0 Å². The highest BCUT2D eigenvalue weighted by Crippen LogP contribution is 2.26. The maximum atomic E-state index is 12.7. The first-order valence-corrected chi connectivity index (χ1v) is 12.4. The third kappa shape index (κ3) is 6.85. The number of carbonyl (C=O) groups is 1. The van der Waals surface area contributed by atoms with Crippen LogP contribution in [0.3, 0.4) is 0 Å². The number of anilines is 1. The van der Waals surface area contributed by atoms with Crippen LogP contribution >= 0.6 is 27.5 Å². The number of ether oxygens (including phenoxy) is 1. The highest BCUT2D eigenvalue weighted by Gasteiger charge is 2.11. The minimum absolute atomic E-state index is 0.0194. The predicted molar refractivity (Wildman–Crippen MR) is 148 cm³/mol. The lowest BCUT2D eigenvalue weighted by Gasteiger charge is -2.09. The Morgan fingerprint density at radius 2 is 1.67 bits per heavy atom. The molecule has 1 amide bonds. The molecule has 0 aliphatic heterocycles. The van der Waals surface area contributed by atoms with E-state index in [0.29, 0.717) is 35.1 Å². The van der Waals surface area contributed by atoms with Crippen molar-refractivity contribution in [2.75, 3.05) is 5.32 Å². The Bertz CT molecular complexity index is 1430. The van der Waals surface area contributed by atoms with Crippen molar-refractivity contribution in [1.82, 2.24) is 0 Å². The molecule has 4 rings (SSSR count). The Morgan fingerprint density at radius 1 is 0.944 bits per heavy atom. The SMILES string of the molecule is N#C/C(=C\c1ccc(Cc2ccccc2Br)c(Cl)c1)C(=O)Nc1ccc(OCc2ccccc2)cc1. The monoisotopic (exact) mass is 556 g/mol. The lowest BCUT2D eigenvalue weighted by atomic mass is 10.0. The van der Waals surface area contributed by atoms with Crippen molar-refractivity contribution in [2.45, 2.75) is 13.0 Å². The van der Waals surface area contributed by atoms with E-state index in [2.05, 4.69) is 21.2 Å². The van der Waals surface area contributed by atoms with Gasteiger partial charge in [0, 0.05) is 21.6 Å². The fraction of sp³-hybridized carbons (Fsp3) is 0.0667. The van der Waals surface area contributed by atoms with Crippen molar-refractivity contribution in [3.8, 4) is 11.8 Å². The lowest BCUT2D eigenvalue weighted by molar-refractivity contribution is -0.112. The fourth-order valence-electron chi connectivity index (χ4n) is 3.53. The van der Waals surface area contributed by atoms with E-state index in [1.54, 1.807) is 30.3 Å². The zero-order valence-electron chi connectivity index (χ0n) is 19.2. The topological polar surface area (TPSA) is 62.1 Å². The molecule has 178 valence electrons. The number of nitrogens with one attached hydrogen (secondary N) is 1. The minimum atomic E-state index is -0.496. The summed E-state index contributed by atoms with van der Waals surface area (Å²) in [6, 6.07) is 32.4. The number of carbonyl (C=O) groups excluding carboxylic acids is 1. The van der Waals surface area contributed by atoms with Gasteiger partial charge in [-0.05, 0) is 64.7 Å². The Labute approximate surface area is 223 Å². The molecular formula is C30H22BrClN2O2. The van der Waals surface area contributed by atoms with Gasteiger partial charge in [-0.2, -0.15) is 5.26 Å². The summed E-state index contributed by atoms with van der Waals surface area (Å²) in [6.07, 6.45) is 2.20. The maximum Gasteiger partial charge on any atom is 0.266 e. The van der Waals surface area contributed by atoms with Gasteiger partial charge >= 0.3 is 0 Å². The van der Waals surface area contributed by atoms with E-state index in [1.165, 1.54) is 6.08 Å². The van der Waals surface area contributed by atoms with Crippen molar-refractivity contribution in [3.63, 3.8) is 0 Å². The van der Waals surface area contributed by atoms with Crippen LogP contribution in [0.25, 0.3) is 6.08 Å². The number of rotatable bonds is 8. The summed E-state index contributed by atoms with van der Waals surface area (Å²) in [5.41, 5.74) is 4.37. The molecule has 0 heterocycles. The predicted octanol–water partition coefficient (Wildman–Crippen LogP) is 7.82. The molecule has 4 aromatic rings. The van der Waals surface area contributed by atoms with Crippen LogP contribution in [0.5, 0.6) is 5.75 Å². The summed E-state index contributed by atoms with van der Waals surface area (Å²) < 4.78 is 6.79. The Kier molecular flexibility index (Phi) is 8.57. The molecule has 0 aliphatic rings. The molecule has 0 aromatic heterocycles. The molecular weight excluding hydrogens is 536 g/mol. The van der Waals surface area contributed by atoms with Crippen molar-refractivity contribution in [2.24, 2.45) is 0 Å². The van der Waals surface area contributed by atoms with Gasteiger partial charge in [0.05, 0.1) is 0 Å². The summed E-state index contributed by atoms with van der Waals surface area (Å²) >= 11 is 10.1. The molecule has 4 nitrogen and oxygen atoms in total. The molecule has 0 radical (unpaired) electrons. The second-order valence-electron chi connectivity index (χ2n) is 8.04. The number of nitrogens with zero attached hydrogens (tertiary/aromatic N) is 1. The third-order valence-electron chi connectivity index (χ3n) is 5.45. The van der Waals surface area contributed by atoms with Crippen LogP contribution in [0, 0.1) is 11.3 Å². The lowest BCUT2D eigenvalue weighted by Crippen LogP contribution is -2.13. The van der Waals surface area contributed by atoms with Crippen LogP contribution < -0.4 is 10.1 Å². The van der Waals surface area contributed by atoms with Crippen molar-refractivity contribution in [3.05, 3.63) is 134 Å². The number of hydrogen-bond acceptors (Lipinski definition) is 3. The molecule has 6 heteroatoms. The minimum Gasteiger partial charge on any atom is -0.489 e. The molecule has 0 saturated heterocycles. The van der Waals surface area contributed by atoms with Gasteiger partial charge in [0.15, 0.2) is 0 Å². The Balaban J connectivity index is 1.39. The summed E-state index contributed by atoms with van der Waals surface area (Å²) in [5.74, 6) is 0.189. The van der Waals surface area contributed by atoms with E-state index in [0.717, 1.165) is 21.2 Å². The summed E-state index contributed by atoms with van der Waals surface area (Å²) in [5, 5.41) is 12.9. The number of hydrogen-bond donors (Lipinski definition) is 1. The van der Waals surface area contributed by atoms with Crippen LogP contribution in [-0.2, 0) is 17.8 Å². The molecule has 4 aromatic carbocycles. The van der Waals surface area contributed by atoms with Crippen LogP contribution in [0.2, 0.25) is 5.02 Å². The third-order valence-corrected chi connectivity index (χ3v) is 6.58. The zero-order valence-corrected chi connectivity index (χ0v) is 21.6. The highest BCUT2D eigenvalue weighted by atomic mass is 79.9. The molecule has 0 bridgehead atoms. The Hall–Kier alpha value is -3.85. The molecule has 1 N–H and O–H groups in total. The first-order valence-electron chi connectivity index (χ1n) is 11.2. The molecule has 0 atom stereocenters.